The third-order valence-corrected chi connectivity index (χ3v) is 6.46. The average Bonchev–Trinajstić information content (AvgIpc) is 3.00. The number of carbonyl (C=O) groups excluding carboxylic acids is 1. The smallest absolute Gasteiger partial charge is 0.226 e. The van der Waals surface area contributed by atoms with Crippen molar-refractivity contribution in [3.05, 3.63) is 29.3 Å². The Morgan fingerprint density at radius 3 is 2.86 bits per heavy atom. The summed E-state index contributed by atoms with van der Waals surface area (Å²) < 4.78 is 24.0. The van der Waals surface area contributed by atoms with Crippen molar-refractivity contribution in [1.82, 2.24) is 9.88 Å². The van der Waals surface area contributed by atoms with Gasteiger partial charge in [-0.05, 0) is 18.6 Å². The van der Waals surface area contributed by atoms with Gasteiger partial charge in [-0.1, -0.05) is 12.1 Å². The number of nitrogens with zero attached hydrogens (tertiary/aromatic N) is 2. The topological polar surface area (TPSA) is 67.3 Å². The third kappa shape index (κ3) is 3.08. The highest BCUT2D eigenvalue weighted by molar-refractivity contribution is 7.91. The first-order valence-electron chi connectivity index (χ1n) is 6.74. The number of hydrogen-bond acceptors (Lipinski definition) is 5. The largest absolute Gasteiger partial charge is 0.339 e. The molecule has 1 atom stereocenters. The van der Waals surface area contributed by atoms with Crippen LogP contribution in [0.15, 0.2) is 24.3 Å². The summed E-state index contributed by atoms with van der Waals surface area (Å²) in [7, 11) is -1.32. The van der Waals surface area contributed by atoms with Crippen molar-refractivity contribution in [2.45, 2.75) is 13.0 Å². The molecule has 2 heterocycles. The number of para-hydroxylation sites is 1. The Hall–Kier alpha value is -1.47. The van der Waals surface area contributed by atoms with Crippen LogP contribution in [0.4, 0.5) is 0 Å². The van der Waals surface area contributed by atoms with E-state index in [9.17, 15) is 13.2 Å². The number of sulfone groups is 1. The molecule has 7 heteroatoms. The number of carbonyl (C=O) groups is 1. The van der Waals surface area contributed by atoms with Crippen LogP contribution in [0, 0.1) is 5.92 Å². The summed E-state index contributed by atoms with van der Waals surface area (Å²) in [5, 5.41) is 0.868. The molecule has 0 N–H and O–H groups in total. The van der Waals surface area contributed by atoms with Gasteiger partial charge in [-0.15, -0.1) is 11.3 Å². The summed E-state index contributed by atoms with van der Waals surface area (Å²) in [6.07, 6.45) is 0.436. The van der Waals surface area contributed by atoms with Crippen LogP contribution in [0.2, 0.25) is 0 Å². The van der Waals surface area contributed by atoms with Gasteiger partial charge in [0.15, 0.2) is 9.84 Å². The first kappa shape index (κ1) is 14.5. The molecule has 2 aromatic rings. The number of rotatable bonds is 3. The molecule has 1 aromatic carbocycles. The fourth-order valence-electron chi connectivity index (χ4n) is 2.57. The highest BCUT2D eigenvalue weighted by Gasteiger charge is 2.34. The third-order valence-electron chi connectivity index (χ3n) is 3.67. The highest BCUT2D eigenvalue weighted by Crippen LogP contribution is 2.24. The number of aromatic nitrogens is 1. The lowest BCUT2D eigenvalue weighted by Gasteiger charge is -2.19. The summed E-state index contributed by atoms with van der Waals surface area (Å²) in [4.78, 5) is 18.4. The Morgan fingerprint density at radius 1 is 1.43 bits per heavy atom. The van der Waals surface area contributed by atoms with E-state index in [1.54, 1.807) is 23.3 Å². The molecule has 3 rings (SSSR count). The number of benzene rings is 1. The molecule has 1 saturated heterocycles. The quantitative estimate of drug-likeness (QED) is 0.862. The molecule has 1 aromatic heterocycles. The van der Waals surface area contributed by atoms with E-state index in [1.807, 2.05) is 24.3 Å². The summed E-state index contributed by atoms with van der Waals surface area (Å²) in [5.74, 6) is -0.390. The second kappa shape index (κ2) is 5.38. The maximum atomic E-state index is 12.3. The van der Waals surface area contributed by atoms with E-state index >= 15 is 0 Å². The van der Waals surface area contributed by atoms with Crippen molar-refractivity contribution in [1.29, 1.82) is 0 Å². The zero-order chi connectivity index (χ0) is 15.0. The number of hydrogen-bond donors (Lipinski definition) is 0. The summed E-state index contributed by atoms with van der Waals surface area (Å²) >= 11 is 1.56. The summed E-state index contributed by atoms with van der Waals surface area (Å²) in [5.41, 5.74) is 0.932. The fourth-order valence-corrected chi connectivity index (χ4v) is 5.32. The Kier molecular flexibility index (Phi) is 3.71. The minimum absolute atomic E-state index is 0.0178. The number of thiazole rings is 1. The van der Waals surface area contributed by atoms with Gasteiger partial charge < -0.3 is 4.90 Å². The minimum atomic E-state index is -3.03. The van der Waals surface area contributed by atoms with Crippen LogP contribution in [0.1, 0.15) is 11.4 Å². The minimum Gasteiger partial charge on any atom is -0.339 e. The molecule has 0 radical (unpaired) electrons. The monoisotopic (exact) mass is 324 g/mol. The maximum absolute atomic E-state index is 12.3. The van der Waals surface area contributed by atoms with Crippen molar-refractivity contribution < 1.29 is 13.2 Å². The van der Waals surface area contributed by atoms with Crippen LogP contribution in [0.25, 0.3) is 10.2 Å². The Morgan fingerprint density at radius 2 is 2.19 bits per heavy atom. The van der Waals surface area contributed by atoms with E-state index in [2.05, 4.69) is 4.98 Å². The van der Waals surface area contributed by atoms with Crippen LogP contribution in [0.3, 0.4) is 0 Å². The van der Waals surface area contributed by atoms with E-state index in [0.717, 1.165) is 15.2 Å². The van der Waals surface area contributed by atoms with Crippen LogP contribution >= 0.6 is 11.3 Å². The molecular formula is C14H16N2O3S2. The summed E-state index contributed by atoms with van der Waals surface area (Å²) in [6, 6.07) is 7.84. The first-order chi connectivity index (χ1) is 9.94. The molecule has 1 aliphatic rings. The molecule has 0 bridgehead atoms. The molecule has 1 fully saturated rings. The van der Waals surface area contributed by atoms with Gasteiger partial charge in [-0.2, -0.15) is 0 Å². The maximum Gasteiger partial charge on any atom is 0.226 e. The fraction of sp³-hybridized carbons (Fsp3) is 0.429. The molecule has 0 unspecified atom stereocenters. The molecule has 0 spiro atoms. The van der Waals surface area contributed by atoms with Gasteiger partial charge in [-0.3, -0.25) is 4.79 Å². The molecule has 0 saturated carbocycles. The van der Waals surface area contributed by atoms with Crippen LogP contribution in [-0.4, -0.2) is 42.8 Å². The molecule has 5 nitrogen and oxygen atoms in total. The lowest BCUT2D eigenvalue weighted by molar-refractivity contribution is -0.133. The van der Waals surface area contributed by atoms with Crippen molar-refractivity contribution in [3.8, 4) is 0 Å². The van der Waals surface area contributed by atoms with Crippen molar-refractivity contribution in [2.24, 2.45) is 5.92 Å². The molecule has 0 aliphatic carbocycles. The standard InChI is InChI=1S/C14H16N2O3S2/c1-16(14(17)10-6-7-21(18,19)9-10)8-13-15-11-4-2-3-5-12(11)20-13/h2-5,10H,6-9H2,1H3/t10-/m0/s1. The lowest BCUT2D eigenvalue weighted by Crippen LogP contribution is -2.33. The van der Waals surface area contributed by atoms with Crippen LogP contribution < -0.4 is 0 Å². The van der Waals surface area contributed by atoms with E-state index < -0.39 is 15.8 Å². The lowest BCUT2D eigenvalue weighted by atomic mass is 10.1. The van der Waals surface area contributed by atoms with Gasteiger partial charge >= 0.3 is 0 Å². The van der Waals surface area contributed by atoms with Gasteiger partial charge in [-0.25, -0.2) is 13.4 Å². The molecule has 1 amide bonds. The van der Waals surface area contributed by atoms with Crippen LogP contribution in [0.5, 0.6) is 0 Å². The molecular weight excluding hydrogens is 308 g/mol. The van der Waals surface area contributed by atoms with Gasteiger partial charge in [0, 0.05) is 7.05 Å². The second-order valence-corrected chi connectivity index (χ2v) is 8.71. The zero-order valence-corrected chi connectivity index (χ0v) is 13.3. The van der Waals surface area contributed by atoms with Gasteiger partial charge in [0.05, 0.1) is 34.2 Å². The number of fused-ring (bicyclic) bond motifs is 1. The average molecular weight is 324 g/mol. The second-order valence-electron chi connectivity index (χ2n) is 5.37. The highest BCUT2D eigenvalue weighted by atomic mass is 32.2. The van der Waals surface area contributed by atoms with Crippen molar-refractivity contribution in [2.75, 3.05) is 18.6 Å². The zero-order valence-electron chi connectivity index (χ0n) is 11.7. The van der Waals surface area contributed by atoms with Crippen molar-refractivity contribution in [3.63, 3.8) is 0 Å². The molecule has 112 valence electrons. The van der Waals surface area contributed by atoms with E-state index in [1.165, 1.54) is 0 Å². The molecule has 21 heavy (non-hydrogen) atoms. The van der Waals surface area contributed by atoms with Gasteiger partial charge in [0.2, 0.25) is 5.91 Å². The van der Waals surface area contributed by atoms with Gasteiger partial charge in [0.25, 0.3) is 0 Å². The first-order valence-corrected chi connectivity index (χ1v) is 9.38. The summed E-state index contributed by atoms with van der Waals surface area (Å²) in [6.45, 7) is 0.425. The normalized spacial score (nSPS) is 20.7. The predicted molar refractivity (Wildman–Crippen MR) is 82.9 cm³/mol. The van der Waals surface area contributed by atoms with E-state index in [4.69, 9.17) is 0 Å². The van der Waals surface area contributed by atoms with E-state index in [-0.39, 0.29) is 17.4 Å². The Labute approximate surface area is 127 Å². The predicted octanol–water partition coefficient (Wildman–Crippen LogP) is 1.69. The SMILES string of the molecule is CN(Cc1nc2ccccc2s1)C(=O)[C@H]1CCS(=O)(=O)C1. The van der Waals surface area contributed by atoms with Crippen LogP contribution in [-0.2, 0) is 21.2 Å². The Balaban J connectivity index is 1.71. The molecule has 1 aliphatic heterocycles. The van der Waals surface area contributed by atoms with Gasteiger partial charge in [0.1, 0.15) is 5.01 Å². The van der Waals surface area contributed by atoms with E-state index in [0.29, 0.717) is 13.0 Å². The Bertz CT molecular complexity index is 749. The van der Waals surface area contributed by atoms with Crippen molar-refractivity contribution >= 4 is 37.3 Å². The number of amides is 1.